The number of hydrogen-bond donors (Lipinski definition) is 1. The number of aryl methyl sites for hydroxylation is 1. The van der Waals surface area contributed by atoms with Gasteiger partial charge in [-0.25, -0.2) is 0 Å². The Morgan fingerprint density at radius 2 is 2.18 bits per heavy atom. The van der Waals surface area contributed by atoms with Crippen molar-refractivity contribution in [1.82, 2.24) is 0 Å². The van der Waals surface area contributed by atoms with E-state index in [1.807, 2.05) is 4.90 Å². The number of furan rings is 1. The molecule has 0 radical (unpaired) electrons. The van der Waals surface area contributed by atoms with Crippen LogP contribution >= 0.6 is 0 Å². The summed E-state index contributed by atoms with van der Waals surface area (Å²) in [7, 11) is 0. The van der Waals surface area contributed by atoms with Crippen molar-refractivity contribution in [2.45, 2.75) is 39.2 Å². The van der Waals surface area contributed by atoms with E-state index < -0.39 is 0 Å². The molecule has 22 heavy (non-hydrogen) atoms. The largest absolute Gasteiger partial charge is 0.467 e. The molecule has 1 aromatic heterocycles. The molecule has 0 spiro atoms. The van der Waals surface area contributed by atoms with Gasteiger partial charge in [0.1, 0.15) is 12.0 Å². The van der Waals surface area contributed by atoms with E-state index in [-0.39, 0.29) is 5.91 Å². The maximum atomic E-state index is 12.7. The molecule has 2 heterocycles. The Bertz CT molecular complexity index is 688. The molecule has 1 aliphatic heterocycles. The number of hydrogen-bond acceptors (Lipinski definition) is 3. The van der Waals surface area contributed by atoms with Gasteiger partial charge in [0.2, 0.25) is 0 Å². The predicted octanol–water partition coefficient (Wildman–Crippen LogP) is 3.45. The summed E-state index contributed by atoms with van der Waals surface area (Å²) < 4.78 is 5.29. The molecule has 3 rings (SSSR count). The summed E-state index contributed by atoms with van der Waals surface area (Å²) in [6, 6.07) is 8.17. The van der Waals surface area contributed by atoms with Crippen molar-refractivity contribution >= 4 is 11.6 Å². The van der Waals surface area contributed by atoms with Gasteiger partial charge in [-0.2, -0.15) is 0 Å². The number of fused-ring (bicyclic) bond motifs is 1. The Kier molecular flexibility index (Phi) is 4.03. The molecule has 0 fully saturated rings. The van der Waals surface area contributed by atoms with Crippen LogP contribution in [0.15, 0.2) is 34.9 Å². The molecule has 4 nitrogen and oxygen atoms in total. The monoisotopic (exact) mass is 298 g/mol. The first kappa shape index (κ1) is 14.9. The van der Waals surface area contributed by atoms with E-state index in [9.17, 15) is 4.79 Å². The third kappa shape index (κ3) is 2.66. The molecule has 116 valence electrons. The Balaban J connectivity index is 1.92. The van der Waals surface area contributed by atoms with Crippen LogP contribution < -0.4 is 10.6 Å². The van der Waals surface area contributed by atoms with Crippen molar-refractivity contribution in [1.29, 1.82) is 0 Å². The summed E-state index contributed by atoms with van der Waals surface area (Å²) in [6.07, 6.45) is 3.52. The summed E-state index contributed by atoms with van der Waals surface area (Å²) in [5.74, 6) is 1.12. The summed E-state index contributed by atoms with van der Waals surface area (Å²) in [5.41, 5.74) is 9.72. The first-order valence-electron chi connectivity index (χ1n) is 7.82. The van der Waals surface area contributed by atoms with Gasteiger partial charge in [-0.3, -0.25) is 4.79 Å². The molecule has 2 aromatic rings. The topological polar surface area (TPSA) is 59.5 Å². The highest BCUT2D eigenvalue weighted by atomic mass is 16.3. The van der Waals surface area contributed by atoms with Crippen LogP contribution in [0.2, 0.25) is 0 Å². The Morgan fingerprint density at radius 3 is 2.86 bits per heavy atom. The summed E-state index contributed by atoms with van der Waals surface area (Å²) >= 11 is 0. The van der Waals surface area contributed by atoms with E-state index in [2.05, 4.69) is 32.0 Å². The van der Waals surface area contributed by atoms with Gasteiger partial charge in [-0.05, 0) is 42.0 Å². The van der Waals surface area contributed by atoms with Crippen LogP contribution in [0.25, 0.3) is 0 Å². The highest BCUT2D eigenvalue weighted by Crippen LogP contribution is 2.31. The van der Waals surface area contributed by atoms with Crippen LogP contribution in [-0.2, 0) is 13.0 Å². The van der Waals surface area contributed by atoms with Gasteiger partial charge in [0.05, 0.1) is 12.1 Å². The van der Waals surface area contributed by atoms with E-state index in [1.165, 1.54) is 17.4 Å². The van der Waals surface area contributed by atoms with Gasteiger partial charge in [0.15, 0.2) is 0 Å². The second-order valence-electron chi connectivity index (χ2n) is 6.11. The molecule has 0 saturated heterocycles. The van der Waals surface area contributed by atoms with Crippen LogP contribution in [0, 0.1) is 0 Å². The average Bonchev–Trinajstić information content (AvgIpc) is 3.02. The van der Waals surface area contributed by atoms with Gasteiger partial charge >= 0.3 is 0 Å². The van der Waals surface area contributed by atoms with Crippen LogP contribution in [-0.4, -0.2) is 12.5 Å². The van der Waals surface area contributed by atoms with E-state index in [0.717, 1.165) is 25.1 Å². The normalized spacial score (nSPS) is 14.3. The molecule has 0 atom stereocenters. The van der Waals surface area contributed by atoms with Gasteiger partial charge in [0.25, 0.3) is 5.91 Å². The molecule has 0 bridgehead atoms. The summed E-state index contributed by atoms with van der Waals surface area (Å²) in [4.78, 5) is 14.6. The van der Waals surface area contributed by atoms with Crippen molar-refractivity contribution in [2.24, 2.45) is 5.73 Å². The Hall–Kier alpha value is -2.07. The molecule has 4 heteroatoms. The summed E-state index contributed by atoms with van der Waals surface area (Å²) in [5, 5.41) is 0. The van der Waals surface area contributed by atoms with Crippen molar-refractivity contribution < 1.29 is 9.21 Å². The molecule has 1 amide bonds. The molecule has 1 aliphatic rings. The zero-order valence-corrected chi connectivity index (χ0v) is 13.1. The first-order valence-corrected chi connectivity index (χ1v) is 7.82. The van der Waals surface area contributed by atoms with Crippen molar-refractivity contribution in [3.63, 3.8) is 0 Å². The maximum Gasteiger partial charge on any atom is 0.261 e. The fourth-order valence-electron chi connectivity index (χ4n) is 2.94. The van der Waals surface area contributed by atoms with Crippen LogP contribution in [0.4, 0.5) is 5.69 Å². The van der Waals surface area contributed by atoms with Crippen LogP contribution in [0.3, 0.4) is 0 Å². The Labute approximate surface area is 130 Å². The minimum absolute atomic E-state index is 0.0123. The molecular weight excluding hydrogens is 276 g/mol. The standard InChI is InChI=1S/C18H22N2O2/c1-12(2)13-5-6-17-14(8-13)4-3-7-20(17)18(21)15-9-16(10-19)22-11-15/h5-6,8-9,11-12H,3-4,7,10,19H2,1-2H3. The van der Waals surface area contributed by atoms with Gasteiger partial charge in [0, 0.05) is 12.2 Å². The van der Waals surface area contributed by atoms with E-state index in [1.54, 1.807) is 6.07 Å². The van der Waals surface area contributed by atoms with Crippen molar-refractivity contribution in [2.75, 3.05) is 11.4 Å². The third-order valence-electron chi connectivity index (χ3n) is 4.24. The molecule has 1 aromatic carbocycles. The van der Waals surface area contributed by atoms with E-state index in [0.29, 0.717) is 23.8 Å². The SMILES string of the molecule is CC(C)c1ccc2c(c1)CCCN2C(=O)c1coc(CN)c1. The molecular formula is C18H22N2O2. The zero-order chi connectivity index (χ0) is 15.7. The van der Waals surface area contributed by atoms with E-state index >= 15 is 0 Å². The quantitative estimate of drug-likeness (QED) is 0.944. The maximum absolute atomic E-state index is 12.7. The number of nitrogens with zero attached hydrogens (tertiary/aromatic N) is 1. The van der Waals surface area contributed by atoms with Crippen LogP contribution in [0.5, 0.6) is 0 Å². The van der Waals surface area contributed by atoms with Gasteiger partial charge in [-0.1, -0.05) is 26.0 Å². The molecule has 0 unspecified atom stereocenters. The highest BCUT2D eigenvalue weighted by Gasteiger charge is 2.25. The van der Waals surface area contributed by atoms with Crippen LogP contribution in [0.1, 0.15) is 53.4 Å². The number of anilines is 1. The minimum atomic E-state index is -0.0123. The Morgan fingerprint density at radius 1 is 1.36 bits per heavy atom. The van der Waals surface area contributed by atoms with E-state index in [4.69, 9.17) is 10.2 Å². The smallest absolute Gasteiger partial charge is 0.261 e. The van der Waals surface area contributed by atoms with Crippen molar-refractivity contribution in [3.8, 4) is 0 Å². The molecule has 2 N–H and O–H groups in total. The second-order valence-corrected chi connectivity index (χ2v) is 6.11. The molecule has 0 saturated carbocycles. The second kappa shape index (κ2) is 5.97. The average molecular weight is 298 g/mol. The fourth-order valence-corrected chi connectivity index (χ4v) is 2.94. The number of amides is 1. The zero-order valence-electron chi connectivity index (χ0n) is 13.1. The number of carbonyl (C=O) groups is 1. The van der Waals surface area contributed by atoms with Crippen molar-refractivity contribution in [3.05, 3.63) is 53.0 Å². The lowest BCUT2D eigenvalue weighted by molar-refractivity contribution is 0.0984. The lowest BCUT2D eigenvalue weighted by Gasteiger charge is -2.30. The van der Waals surface area contributed by atoms with Gasteiger partial charge in [-0.15, -0.1) is 0 Å². The number of nitrogens with two attached hydrogens (primary N) is 1. The molecule has 0 aliphatic carbocycles. The number of rotatable bonds is 3. The highest BCUT2D eigenvalue weighted by molar-refractivity contribution is 6.06. The lowest BCUT2D eigenvalue weighted by atomic mass is 9.94. The number of carbonyl (C=O) groups excluding carboxylic acids is 1. The fraction of sp³-hybridized carbons (Fsp3) is 0.389. The number of benzene rings is 1. The lowest BCUT2D eigenvalue weighted by Crippen LogP contribution is -2.35. The van der Waals surface area contributed by atoms with Gasteiger partial charge < -0.3 is 15.1 Å². The predicted molar refractivity (Wildman–Crippen MR) is 87.1 cm³/mol. The first-order chi connectivity index (χ1) is 10.6. The summed E-state index contributed by atoms with van der Waals surface area (Å²) in [6.45, 7) is 5.43. The minimum Gasteiger partial charge on any atom is -0.467 e. The third-order valence-corrected chi connectivity index (χ3v) is 4.24.